The molecule has 0 atom stereocenters. The summed E-state index contributed by atoms with van der Waals surface area (Å²) in [5, 5.41) is 4.47. The van der Waals surface area contributed by atoms with Crippen LogP contribution in [0.25, 0.3) is 10.4 Å². The van der Waals surface area contributed by atoms with Gasteiger partial charge in [-0.05, 0) is 11.4 Å². The molecule has 0 unspecified atom stereocenters. The summed E-state index contributed by atoms with van der Waals surface area (Å²) in [6.07, 6.45) is 4.15. The van der Waals surface area contributed by atoms with Crippen LogP contribution in [0.4, 0.5) is 11.6 Å². The zero-order chi connectivity index (χ0) is 15.5. The summed E-state index contributed by atoms with van der Waals surface area (Å²) in [6.45, 7) is 0. The second kappa shape index (κ2) is 5.74. The fourth-order valence-corrected chi connectivity index (χ4v) is 2.55. The maximum absolute atomic E-state index is 12.2. The van der Waals surface area contributed by atoms with Gasteiger partial charge in [-0.3, -0.25) is 9.78 Å². The summed E-state index contributed by atoms with van der Waals surface area (Å²) in [5.74, 6) is -0.322. The number of nitrogens with two attached hydrogens (primary N) is 1. The third-order valence-electron chi connectivity index (χ3n) is 2.78. The number of H-pyrrole nitrogens is 1. The Morgan fingerprint density at radius 2 is 2.09 bits per heavy atom. The first-order chi connectivity index (χ1) is 10.6. The SMILES string of the molecule is Nc1nccnc1C(=O)Nc1[nH]c(=O)ncc1-c1cccs1. The summed E-state index contributed by atoms with van der Waals surface area (Å²) < 4.78 is 0. The molecule has 9 heteroatoms. The maximum atomic E-state index is 12.2. The Kier molecular flexibility index (Phi) is 3.62. The minimum absolute atomic E-state index is 0.00840. The number of thiophene rings is 1. The van der Waals surface area contributed by atoms with Crippen molar-refractivity contribution >= 4 is 28.9 Å². The first-order valence-corrected chi connectivity index (χ1v) is 7.04. The van der Waals surface area contributed by atoms with E-state index in [1.165, 1.54) is 29.9 Å². The minimum Gasteiger partial charge on any atom is -0.382 e. The molecule has 22 heavy (non-hydrogen) atoms. The van der Waals surface area contributed by atoms with Gasteiger partial charge >= 0.3 is 5.69 Å². The van der Waals surface area contributed by atoms with Gasteiger partial charge < -0.3 is 11.1 Å². The lowest BCUT2D eigenvalue weighted by atomic mass is 10.2. The Labute approximate surface area is 128 Å². The molecule has 0 aliphatic rings. The first kappa shape index (κ1) is 13.9. The third kappa shape index (κ3) is 2.69. The van der Waals surface area contributed by atoms with Crippen LogP contribution in [0.1, 0.15) is 10.5 Å². The molecular formula is C13H10N6O2S. The second-order valence-electron chi connectivity index (χ2n) is 4.20. The highest BCUT2D eigenvalue weighted by Gasteiger charge is 2.16. The number of hydrogen-bond acceptors (Lipinski definition) is 7. The number of carbonyl (C=O) groups excluding carboxylic acids is 1. The number of nitrogens with zero attached hydrogens (tertiary/aromatic N) is 3. The highest BCUT2D eigenvalue weighted by Crippen LogP contribution is 2.28. The number of anilines is 2. The van der Waals surface area contributed by atoms with E-state index >= 15 is 0 Å². The molecule has 0 saturated heterocycles. The number of carbonyl (C=O) groups is 1. The predicted molar refractivity (Wildman–Crippen MR) is 82.6 cm³/mol. The van der Waals surface area contributed by atoms with Gasteiger partial charge in [0.2, 0.25) is 0 Å². The molecule has 3 aromatic rings. The van der Waals surface area contributed by atoms with Crippen molar-refractivity contribution < 1.29 is 4.79 Å². The Hall–Kier alpha value is -3.07. The quantitative estimate of drug-likeness (QED) is 0.665. The summed E-state index contributed by atoms with van der Waals surface area (Å²) >= 11 is 1.46. The van der Waals surface area contributed by atoms with Gasteiger partial charge in [0.15, 0.2) is 11.5 Å². The number of nitrogens with one attached hydrogen (secondary N) is 2. The van der Waals surface area contributed by atoms with Gasteiger partial charge in [-0.15, -0.1) is 11.3 Å². The fraction of sp³-hybridized carbons (Fsp3) is 0. The molecule has 3 rings (SSSR count). The van der Waals surface area contributed by atoms with Gasteiger partial charge in [0, 0.05) is 23.5 Å². The molecule has 0 radical (unpaired) electrons. The van der Waals surface area contributed by atoms with Crippen LogP contribution >= 0.6 is 11.3 Å². The van der Waals surface area contributed by atoms with Gasteiger partial charge in [-0.1, -0.05) is 6.07 Å². The monoisotopic (exact) mass is 314 g/mol. The van der Waals surface area contributed by atoms with Crippen molar-refractivity contribution in [3.05, 3.63) is 52.3 Å². The Balaban J connectivity index is 1.99. The normalized spacial score (nSPS) is 10.4. The van der Waals surface area contributed by atoms with Crippen LogP contribution in [-0.2, 0) is 0 Å². The lowest BCUT2D eigenvalue weighted by Gasteiger charge is -2.09. The van der Waals surface area contributed by atoms with E-state index in [9.17, 15) is 9.59 Å². The van der Waals surface area contributed by atoms with Crippen molar-refractivity contribution in [2.24, 2.45) is 0 Å². The van der Waals surface area contributed by atoms with Crippen LogP contribution in [0.5, 0.6) is 0 Å². The molecule has 3 heterocycles. The molecule has 0 aromatic carbocycles. The van der Waals surface area contributed by atoms with Crippen LogP contribution < -0.4 is 16.7 Å². The van der Waals surface area contributed by atoms with E-state index in [0.29, 0.717) is 5.56 Å². The molecule has 0 saturated carbocycles. The molecule has 0 spiro atoms. The molecule has 0 fully saturated rings. The van der Waals surface area contributed by atoms with Crippen molar-refractivity contribution in [2.45, 2.75) is 0 Å². The van der Waals surface area contributed by atoms with Gasteiger partial charge in [0.1, 0.15) is 5.82 Å². The lowest BCUT2D eigenvalue weighted by Crippen LogP contribution is -2.21. The van der Waals surface area contributed by atoms with Crippen LogP contribution in [0.3, 0.4) is 0 Å². The molecule has 0 bridgehead atoms. The minimum atomic E-state index is -0.567. The van der Waals surface area contributed by atoms with Gasteiger partial charge in [0.25, 0.3) is 5.91 Å². The van der Waals surface area contributed by atoms with Gasteiger partial charge in [-0.25, -0.2) is 19.7 Å². The molecule has 4 N–H and O–H groups in total. The van der Waals surface area contributed by atoms with Crippen molar-refractivity contribution in [1.82, 2.24) is 19.9 Å². The van der Waals surface area contributed by atoms with E-state index in [0.717, 1.165) is 4.88 Å². The molecule has 1 amide bonds. The Morgan fingerprint density at radius 3 is 2.82 bits per heavy atom. The lowest BCUT2D eigenvalue weighted by molar-refractivity contribution is 0.102. The fourth-order valence-electron chi connectivity index (χ4n) is 1.81. The van der Waals surface area contributed by atoms with Crippen LogP contribution in [-0.4, -0.2) is 25.8 Å². The van der Waals surface area contributed by atoms with E-state index < -0.39 is 11.6 Å². The van der Waals surface area contributed by atoms with E-state index in [1.54, 1.807) is 0 Å². The molecule has 0 aliphatic carbocycles. The number of nitrogen functional groups attached to an aromatic ring is 1. The highest BCUT2D eigenvalue weighted by atomic mass is 32.1. The average molecular weight is 314 g/mol. The largest absolute Gasteiger partial charge is 0.382 e. The Bertz CT molecular complexity index is 874. The highest BCUT2D eigenvalue weighted by molar-refractivity contribution is 7.13. The zero-order valence-electron chi connectivity index (χ0n) is 11.1. The molecular weight excluding hydrogens is 304 g/mol. The van der Waals surface area contributed by atoms with Crippen LogP contribution in [0.15, 0.2) is 40.9 Å². The smallest absolute Gasteiger partial charge is 0.346 e. The average Bonchev–Trinajstić information content (AvgIpc) is 3.02. The van der Waals surface area contributed by atoms with E-state index in [1.807, 2.05) is 17.5 Å². The number of rotatable bonds is 3. The summed E-state index contributed by atoms with van der Waals surface area (Å²) in [6, 6.07) is 3.71. The van der Waals surface area contributed by atoms with Gasteiger partial charge in [-0.2, -0.15) is 0 Å². The standard InChI is InChI=1S/C13H10N6O2S/c14-10-9(15-3-4-16-10)12(20)18-11-7(6-17-13(21)19-11)8-2-1-5-22-8/h1-6H,(H2,14,16)(H2,17,18,19,20,21). The third-order valence-corrected chi connectivity index (χ3v) is 3.68. The van der Waals surface area contributed by atoms with E-state index in [4.69, 9.17) is 5.73 Å². The summed E-state index contributed by atoms with van der Waals surface area (Å²) in [4.78, 5) is 38.4. The maximum Gasteiger partial charge on any atom is 0.346 e. The van der Waals surface area contributed by atoms with Crippen LogP contribution in [0.2, 0.25) is 0 Å². The van der Waals surface area contributed by atoms with Crippen LogP contribution in [0, 0.1) is 0 Å². The first-order valence-electron chi connectivity index (χ1n) is 6.16. The van der Waals surface area contributed by atoms with E-state index in [2.05, 4.69) is 25.3 Å². The molecule has 0 aliphatic heterocycles. The number of aromatic nitrogens is 4. The Morgan fingerprint density at radius 1 is 1.27 bits per heavy atom. The number of hydrogen-bond donors (Lipinski definition) is 3. The van der Waals surface area contributed by atoms with Gasteiger partial charge in [0.05, 0.1) is 5.56 Å². The molecule has 110 valence electrons. The van der Waals surface area contributed by atoms with Crippen molar-refractivity contribution in [3.63, 3.8) is 0 Å². The second-order valence-corrected chi connectivity index (χ2v) is 5.15. The zero-order valence-corrected chi connectivity index (χ0v) is 11.9. The van der Waals surface area contributed by atoms with Crippen molar-refractivity contribution in [3.8, 4) is 10.4 Å². The summed E-state index contributed by atoms with van der Waals surface area (Å²) in [7, 11) is 0. The molecule has 3 aromatic heterocycles. The van der Waals surface area contributed by atoms with Crippen molar-refractivity contribution in [1.29, 1.82) is 0 Å². The molecule has 8 nitrogen and oxygen atoms in total. The summed E-state index contributed by atoms with van der Waals surface area (Å²) in [5.41, 5.74) is 5.64. The number of amides is 1. The predicted octanol–water partition coefficient (Wildman–Crippen LogP) is 1.12. The van der Waals surface area contributed by atoms with E-state index in [-0.39, 0.29) is 17.3 Å². The number of aromatic amines is 1. The van der Waals surface area contributed by atoms with Crippen molar-refractivity contribution in [2.75, 3.05) is 11.1 Å². The topological polar surface area (TPSA) is 127 Å².